The summed E-state index contributed by atoms with van der Waals surface area (Å²) in [6.07, 6.45) is 4.03. The first-order valence-corrected chi connectivity index (χ1v) is 10.7. The van der Waals surface area contributed by atoms with Crippen molar-refractivity contribution in [2.45, 2.75) is 32.4 Å². The summed E-state index contributed by atoms with van der Waals surface area (Å²) in [7, 11) is 3.48. The molecule has 2 N–H and O–H groups in total. The molecule has 0 radical (unpaired) electrons. The number of rotatable bonds is 7. The van der Waals surface area contributed by atoms with E-state index in [4.69, 9.17) is 9.47 Å². The van der Waals surface area contributed by atoms with Crippen molar-refractivity contribution in [1.82, 2.24) is 9.88 Å². The molecule has 2 atom stereocenters. The Morgan fingerprint density at radius 1 is 1.23 bits per heavy atom. The number of carboxylic acids is 1. The molecule has 0 bridgehead atoms. The van der Waals surface area contributed by atoms with Gasteiger partial charge < -0.3 is 19.6 Å². The molecule has 4 rings (SSSR count). The van der Waals surface area contributed by atoms with Gasteiger partial charge in [-0.1, -0.05) is 12.1 Å². The highest BCUT2D eigenvalue weighted by Crippen LogP contribution is 2.39. The quantitative estimate of drug-likeness (QED) is 0.573. The molecule has 0 aliphatic carbocycles. The van der Waals surface area contributed by atoms with E-state index in [1.165, 1.54) is 16.5 Å². The van der Waals surface area contributed by atoms with Gasteiger partial charge in [0.2, 0.25) is 0 Å². The third kappa shape index (κ3) is 4.31. The number of piperidine rings is 1. The maximum absolute atomic E-state index is 11.3. The molecule has 31 heavy (non-hydrogen) atoms. The average molecular weight is 423 g/mol. The first-order valence-electron chi connectivity index (χ1n) is 10.7. The number of H-pyrrole nitrogens is 1. The number of nitrogens with one attached hydrogen (secondary N) is 1. The van der Waals surface area contributed by atoms with Crippen LogP contribution in [0.2, 0.25) is 0 Å². The van der Waals surface area contributed by atoms with Crippen LogP contribution in [0.3, 0.4) is 0 Å². The number of benzene rings is 2. The number of carboxylic acid groups (broad SMARTS) is 1. The number of nitrogens with zero attached hydrogens (tertiary/aromatic N) is 1. The highest BCUT2D eigenvalue weighted by Gasteiger charge is 2.31. The second-order valence-electron chi connectivity index (χ2n) is 8.40. The predicted octanol–water partition coefficient (Wildman–Crippen LogP) is 4.78. The summed E-state index contributed by atoms with van der Waals surface area (Å²) in [5.41, 5.74) is 4.95. The Kier molecular flexibility index (Phi) is 6.30. The summed E-state index contributed by atoms with van der Waals surface area (Å²) in [4.78, 5) is 17.1. The molecule has 2 heterocycles. The zero-order valence-corrected chi connectivity index (χ0v) is 18.4. The van der Waals surface area contributed by atoms with Crippen LogP contribution in [0.25, 0.3) is 10.9 Å². The van der Waals surface area contributed by atoms with Crippen molar-refractivity contribution in [1.29, 1.82) is 0 Å². The SMILES string of the molecule is COCC1CCN(Cc2c(OC)cc(C)c3[nH]ccc23)C(c2ccc(C(=O)O)cc2)C1. The highest BCUT2D eigenvalue weighted by molar-refractivity contribution is 5.88. The second-order valence-corrected chi connectivity index (χ2v) is 8.40. The first-order chi connectivity index (χ1) is 15.0. The maximum Gasteiger partial charge on any atom is 0.335 e. The lowest BCUT2D eigenvalue weighted by molar-refractivity contribution is 0.0579. The minimum absolute atomic E-state index is 0.191. The number of aromatic nitrogens is 1. The van der Waals surface area contributed by atoms with Crippen LogP contribution in [-0.2, 0) is 11.3 Å². The van der Waals surface area contributed by atoms with Crippen molar-refractivity contribution in [2.24, 2.45) is 5.92 Å². The maximum atomic E-state index is 11.3. The molecule has 1 aliphatic heterocycles. The molecular weight excluding hydrogens is 392 g/mol. The number of fused-ring (bicyclic) bond motifs is 1. The van der Waals surface area contributed by atoms with Gasteiger partial charge in [0.05, 0.1) is 12.7 Å². The van der Waals surface area contributed by atoms with Crippen molar-refractivity contribution in [3.8, 4) is 5.75 Å². The van der Waals surface area contributed by atoms with Gasteiger partial charge in [-0.25, -0.2) is 4.79 Å². The third-order valence-electron chi connectivity index (χ3n) is 6.46. The van der Waals surface area contributed by atoms with Gasteiger partial charge >= 0.3 is 5.97 Å². The van der Waals surface area contributed by atoms with Crippen molar-refractivity contribution in [3.63, 3.8) is 0 Å². The summed E-state index contributed by atoms with van der Waals surface area (Å²) >= 11 is 0. The Balaban J connectivity index is 1.69. The highest BCUT2D eigenvalue weighted by atomic mass is 16.5. The second kappa shape index (κ2) is 9.12. The fraction of sp³-hybridized carbons (Fsp3) is 0.400. The van der Waals surface area contributed by atoms with E-state index in [1.807, 2.05) is 18.3 Å². The summed E-state index contributed by atoms with van der Waals surface area (Å²) in [6.45, 7) is 4.55. The Morgan fingerprint density at radius 3 is 2.68 bits per heavy atom. The third-order valence-corrected chi connectivity index (χ3v) is 6.46. The van der Waals surface area contributed by atoms with E-state index < -0.39 is 5.97 Å². The van der Waals surface area contributed by atoms with Gasteiger partial charge in [0.15, 0.2) is 0 Å². The molecule has 2 aromatic carbocycles. The molecule has 0 amide bonds. The number of methoxy groups -OCH3 is 2. The van der Waals surface area contributed by atoms with E-state index in [0.717, 1.165) is 49.4 Å². The van der Waals surface area contributed by atoms with E-state index in [-0.39, 0.29) is 6.04 Å². The number of hydrogen-bond donors (Lipinski definition) is 2. The molecule has 1 saturated heterocycles. The smallest absolute Gasteiger partial charge is 0.335 e. The van der Waals surface area contributed by atoms with E-state index in [9.17, 15) is 9.90 Å². The molecule has 164 valence electrons. The first kappa shape index (κ1) is 21.4. The monoisotopic (exact) mass is 422 g/mol. The van der Waals surface area contributed by atoms with Gasteiger partial charge in [-0.05, 0) is 67.6 Å². The number of aryl methyl sites for hydroxylation is 1. The van der Waals surface area contributed by atoms with Crippen molar-refractivity contribution in [3.05, 3.63) is 64.8 Å². The number of carbonyl (C=O) groups is 1. The molecule has 2 unspecified atom stereocenters. The molecule has 0 saturated carbocycles. The van der Waals surface area contributed by atoms with E-state index in [2.05, 4.69) is 28.9 Å². The predicted molar refractivity (Wildman–Crippen MR) is 121 cm³/mol. The summed E-state index contributed by atoms with van der Waals surface area (Å²) < 4.78 is 11.2. The largest absolute Gasteiger partial charge is 0.496 e. The lowest BCUT2D eigenvalue weighted by atomic mass is 9.86. The van der Waals surface area contributed by atoms with Crippen LogP contribution in [0.5, 0.6) is 5.75 Å². The van der Waals surface area contributed by atoms with Gasteiger partial charge in [-0.2, -0.15) is 0 Å². The number of hydrogen-bond acceptors (Lipinski definition) is 4. The Hall–Kier alpha value is -2.83. The lowest BCUT2D eigenvalue weighted by Gasteiger charge is -2.40. The van der Waals surface area contributed by atoms with Gasteiger partial charge in [-0.15, -0.1) is 0 Å². The van der Waals surface area contributed by atoms with Gasteiger partial charge in [-0.3, -0.25) is 4.90 Å². The summed E-state index contributed by atoms with van der Waals surface area (Å²) in [5, 5.41) is 10.5. The zero-order valence-electron chi connectivity index (χ0n) is 18.4. The molecule has 0 spiro atoms. The number of likely N-dealkylation sites (tertiary alicyclic amines) is 1. The molecule has 1 fully saturated rings. The van der Waals surface area contributed by atoms with Crippen molar-refractivity contribution >= 4 is 16.9 Å². The minimum Gasteiger partial charge on any atom is -0.496 e. The standard InChI is InChI=1S/C25H30N2O4/c1-16-12-23(31-3)21(20-8-10-26-24(16)20)14-27-11-9-17(15-30-2)13-22(27)18-4-6-19(7-5-18)25(28)29/h4-8,10,12,17,22,26H,9,11,13-15H2,1-3H3,(H,28,29). The number of aromatic amines is 1. The van der Waals surface area contributed by atoms with E-state index in [0.29, 0.717) is 11.5 Å². The Labute approximate surface area is 182 Å². The Morgan fingerprint density at radius 2 is 2.00 bits per heavy atom. The van der Waals surface area contributed by atoms with Gasteiger partial charge in [0.1, 0.15) is 5.75 Å². The molecular formula is C25H30N2O4. The Bertz CT molecular complexity index is 1060. The topological polar surface area (TPSA) is 74.8 Å². The van der Waals surface area contributed by atoms with Crippen LogP contribution in [0.1, 0.15) is 45.9 Å². The van der Waals surface area contributed by atoms with Crippen LogP contribution >= 0.6 is 0 Å². The summed E-state index contributed by atoms with van der Waals surface area (Å²) in [5.74, 6) is 0.490. The lowest BCUT2D eigenvalue weighted by Crippen LogP contribution is -2.37. The van der Waals surface area contributed by atoms with E-state index in [1.54, 1.807) is 26.4 Å². The van der Waals surface area contributed by atoms with Crippen LogP contribution in [-0.4, -0.2) is 48.3 Å². The van der Waals surface area contributed by atoms with Crippen molar-refractivity contribution in [2.75, 3.05) is 27.4 Å². The molecule has 6 nitrogen and oxygen atoms in total. The average Bonchev–Trinajstić information content (AvgIpc) is 3.27. The zero-order chi connectivity index (χ0) is 22.0. The normalized spacial score (nSPS) is 19.6. The molecule has 6 heteroatoms. The number of ether oxygens (including phenoxy) is 2. The van der Waals surface area contributed by atoms with Crippen LogP contribution in [0, 0.1) is 12.8 Å². The summed E-state index contributed by atoms with van der Waals surface area (Å²) in [6, 6.07) is 11.7. The van der Waals surface area contributed by atoms with Crippen LogP contribution < -0.4 is 4.74 Å². The fourth-order valence-electron chi connectivity index (χ4n) is 4.84. The fourth-order valence-corrected chi connectivity index (χ4v) is 4.84. The van der Waals surface area contributed by atoms with Gasteiger partial charge in [0.25, 0.3) is 0 Å². The van der Waals surface area contributed by atoms with Crippen LogP contribution in [0.15, 0.2) is 42.6 Å². The van der Waals surface area contributed by atoms with Crippen LogP contribution in [0.4, 0.5) is 0 Å². The van der Waals surface area contributed by atoms with Crippen molar-refractivity contribution < 1.29 is 19.4 Å². The molecule has 1 aliphatic rings. The molecule has 3 aromatic rings. The number of aromatic carboxylic acids is 1. The minimum atomic E-state index is -0.899. The van der Waals surface area contributed by atoms with Gasteiger partial charge in [0, 0.05) is 49.0 Å². The van der Waals surface area contributed by atoms with E-state index >= 15 is 0 Å². The molecule has 1 aromatic heterocycles.